The van der Waals surface area contributed by atoms with Gasteiger partial charge in [0.15, 0.2) is 0 Å². The lowest BCUT2D eigenvalue weighted by Gasteiger charge is -2.01. The Balaban J connectivity index is 2.07. The lowest BCUT2D eigenvalue weighted by atomic mass is 10.2. The molecule has 88 valence electrons. The topological polar surface area (TPSA) is 34.0 Å². The largest absolute Gasteiger partial charge is 0.380 e. The Morgan fingerprint density at radius 3 is 2.94 bits per heavy atom. The lowest BCUT2D eigenvalue weighted by Crippen LogP contribution is -1.85. The predicted molar refractivity (Wildman–Crippen MR) is 68.1 cm³/mol. The highest BCUT2D eigenvalue weighted by molar-refractivity contribution is 5.39. The third-order valence-electron chi connectivity index (χ3n) is 2.48. The second-order valence-corrected chi connectivity index (χ2v) is 3.91. The van der Waals surface area contributed by atoms with Crippen LogP contribution in [0.1, 0.15) is 18.4 Å². The second-order valence-electron chi connectivity index (χ2n) is 3.91. The summed E-state index contributed by atoms with van der Waals surface area (Å²) in [7, 11) is 1.69. The van der Waals surface area contributed by atoms with Crippen LogP contribution in [0.2, 0.25) is 0 Å². The minimum Gasteiger partial charge on any atom is -0.380 e. The van der Waals surface area contributed by atoms with E-state index < -0.39 is 0 Å². The van der Waals surface area contributed by atoms with E-state index in [4.69, 9.17) is 4.74 Å². The van der Waals surface area contributed by atoms with Crippen LogP contribution in [0.15, 0.2) is 58.4 Å². The Labute approximate surface area is 102 Å². The van der Waals surface area contributed by atoms with Crippen molar-refractivity contribution in [3.8, 4) is 0 Å². The van der Waals surface area contributed by atoms with Gasteiger partial charge in [-0.3, -0.25) is 0 Å². The number of benzene rings is 1. The standard InChI is InChI=1S/C14H16N2O/c1-17-11-12-6-5-9-14(10-12)16-15-13-7-3-2-4-8-13/h3,5-10H,2,4,11H2,1H3. The maximum atomic E-state index is 5.08. The van der Waals surface area contributed by atoms with E-state index in [2.05, 4.69) is 22.4 Å². The number of hydrogen-bond acceptors (Lipinski definition) is 3. The lowest BCUT2D eigenvalue weighted by molar-refractivity contribution is 0.185. The van der Waals surface area contributed by atoms with Crippen LogP contribution in [0.3, 0.4) is 0 Å². The van der Waals surface area contributed by atoms with E-state index in [-0.39, 0.29) is 0 Å². The molecule has 0 unspecified atom stereocenters. The molecule has 0 amide bonds. The molecule has 0 heterocycles. The summed E-state index contributed by atoms with van der Waals surface area (Å²) >= 11 is 0. The van der Waals surface area contributed by atoms with E-state index in [1.165, 1.54) is 0 Å². The number of hydrogen-bond donors (Lipinski definition) is 0. The van der Waals surface area contributed by atoms with Crippen molar-refractivity contribution >= 4 is 5.69 Å². The summed E-state index contributed by atoms with van der Waals surface area (Å²) < 4.78 is 5.08. The van der Waals surface area contributed by atoms with Gasteiger partial charge in [-0.25, -0.2) is 0 Å². The van der Waals surface area contributed by atoms with Crippen LogP contribution < -0.4 is 0 Å². The zero-order valence-corrected chi connectivity index (χ0v) is 9.97. The summed E-state index contributed by atoms with van der Waals surface area (Å²) in [5, 5.41) is 8.44. The highest BCUT2D eigenvalue weighted by Gasteiger charge is 1.96. The summed E-state index contributed by atoms with van der Waals surface area (Å²) in [5.74, 6) is 0. The molecule has 0 bridgehead atoms. The number of allylic oxidation sites excluding steroid dienone is 3. The van der Waals surface area contributed by atoms with Crippen LogP contribution >= 0.6 is 0 Å². The van der Waals surface area contributed by atoms with E-state index in [9.17, 15) is 0 Å². The van der Waals surface area contributed by atoms with Crippen molar-refractivity contribution < 1.29 is 4.74 Å². The van der Waals surface area contributed by atoms with Crippen LogP contribution in [-0.2, 0) is 11.3 Å². The fraction of sp³-hybridized carbons (Fsp3) is 0.286. The molecule has 0 spiro atoms. The molecule has 0 aromatic heterocycles. The maximum Gasteiger partial charge on any atom is 0.0860 e. The van der Waals surface area contributed by atoms with Crippen molar-refractivity contribution in [2.45, 2.75) is 19.4 Å². The van der Waals surface area contributed by atoms with Gasteiger partial charge in [-0.2, -0.15) is 10.2 Å². The van der Waals surface area contributed by atoms with E-state index in [1.54, 1.807) is 7.11 Å². The first-order valence-corrected chi connectivity index (χ1v) is 5.75. The summed E-state index contributed by atoms with van der Waals surface area (Å²) in [6.07, 6.45) is 8.38. The molecule has 0 N–H and O–H groups in total. The maximum absolute atomic E-state index is 5.08. The van der Waals surface area contributed by atoms with E-state index in [0.717, 1.165) is 29.8 Å². The van der Waals surface area contributed by atoms with Gasteiger partial charge >= 0.3 is 0 Å². The second kappa shape index (κ2) is 6.11. The summed E-state index contributed by atoms with van der Waals surface area (Å²) in [4.78, 5) is 0. The first kappa shape index (κ1) is 11.7. The summed E-state index contributed by atoms with van der Waals surface area (Å²) in [6, 6.07) is 7.91. The smallest absolute Gasteiger partial charge is 0.0860 e. The van der Waals surface area contributed by atoms with E-state index in [1.807, 2.05) is 30.3 Å². The van der Waals surface area contributed by atoms with Crippen LogP contribution in [-0.4, -0.2) is 7.11 Å². The van der Waals surface area contributed by atoms with Crippen LogP contribution in [0, 0.1) is 0 Å². The van der Waals surface area contributed by atoms with E-state index in [0.29, 0.717) is 6.61 Å². The van der Waals surface area contributed by atoms with E-state index >= 15 is 0 Å². The third kappa shape index (κ3) is 3.64. The van der Waals surface area contributed by atoms with Crippen molar-refractivity contribution in [3.63, 3.8) is 0 Å². The SMILES string of the molecule is COCc1cccc(N=NC2=CCCC=C2)c1. The molecule has 1 aromatic rings. The molecule has 2 rings (SSSR count). The molecule has 1 aliphatic rings. The van der Waals surface area contributed by atoms with Gasteiger partial charge in [-0.1, -0.05) is 24.3 Å². The molecule has 0 aliphatic heterocycles. The minimum atomic E-state index is 0.603. The quantitative estimate of drug-likeness (QED) is 0.713. The van der Waals surface area contributed by atoms with Gasteiger partial charge in [0.05, 0.1) is 18.0 Å². The van der Waals surface area contributed by atoms with Gasteiger partial charge in [0.25, 0.3) is 0 Å². The zero-order valence-electron chi connectivity index (χ0n) is 9.97. The van der Waals surface area contributed by atoms with Crippen LogP contribution in [0.4, 0.5) is 5.69 Å². The average molecular weight is 228 g/mol. The number of azo groups is 1. The Hall–Kier alpha value is -1.74. The van der Waals surface area contributed by atoms with Gasteiger partial charge in [0, 0.05) is 7.11 Å². The molecule has 17 heavy (non-hydrogen) atoms. The van der Waals surface area contributed by atoms with Gasteiger partial charge in [-0.15, -0.1) is 0 Å². The Bertz CT molecular complexity index is 461. The number of ether oxygens (including phenoxy) is 1. The first-order chi connectivity index (χ1) is 8.38. The molecule has 0 fully saturated rings. The Morgan fingerprint density at radius 1 is 1.24 bits per heavy atom. The van der Waals surface area contributed by atoms with Gasteiger partial charge in [0.1, 0.15) is 0 Å². The highest BCUT2D eigenvalue weighted by Crippen LogP contribution is 2.18. The molecule has 1 aliphatic carbocycles. The Morgan fingerprint density at radius 2 is 2.18 bits per heavy atom. The van der Waals surface area contributed by atoms with Gasteiger partial charge in [0.2, 0.25) is 0 Å². The third-order valence-corrected chi connectivity index (χ3v) is 2.48. The summed E-state index contributed by atoms with van der Waals surface area (Å²) in [6.45, 7) is 0.603. The van der Waals surface area contributed by atoms with Crippen molar-refractivity contribution in [2.75, 3.05) is 7.11 Å². The zero-order chi connectivity index (χ0) is 11.9. The normalized spacial score (nSPS) is 15.2. The van der Waals surface area contributed by atoms with Crippen molar-refractivity contribution in [1.29, 1.82) is 0 Å². The molecule has 0 saturated heterocycles. The molecule has 3 nitrogen and oxygen atoms in total. The molecule has 3 heteroatoms. The minimum absolute atomic E-state index is 0.603. The first-order valence-electron chi connectivity index (χ1n) is 5.75. The molecule has 0 atom stereocenters. The Kier molecular flexibility index (Phi) is 4.22. The van der Waals surface area contributed by atoms with Crippen LogP contribution in [0.5, 0.6) is 0 Å². The molecular formula is C14H16N2O. The van der Waals surface area contributed by atoms with Gasteiger partial charge in [-0.05, 0) is 36.6 Å². The van der Waals surface area contributed by atoms with Crippen molar-refractivity contribution in [1.82, 2.24) is 0 Å². The molecular weight excluding hydrogens is 212 g/mol. The molecule has 1 aromatic carbocycles. The number of methoxy groups -OCH3 is 1. The molecule has 0 radical (unpaired) electrons. The fourth-order valence-corrected chi connectivity index (χ4v) is 1.66. The predicted octanol–water partition coefficient (Wildman–Crippen LogP) is 4.15. The van der Waals surface area contributed by atoms with Crippen LogP contribution in [0.25, 0.3) is 0 Å². The fourth-order valence-electron chi connectivity index (χ4n) is 1.66. The van der Waals surface area contributed by atoms with Crippen molar-refractivity contribution in [2.24, 2.45) is 10.2 Å². The summed E-state index contributed by atoms with van der Waals surface area (Å²) in [5.41, 5.74) is 2.91. The number of nitrogens with zero attached hydrogens (tertiary/aromatic N) is 2. The highest BCUT2D eigenvalue weighted by atomic mass is 16.5. The number of rotatable bonds is 4. The van der Waals surface area contributed by atoms with Crippen molar-refractivity contribution in [3.05, 3.63) is 53.8 Å². The van der Waals surface area contributed by atoms with Gasteiger partial charge < -0.3 is 4.74 Å². The molecule has 0 saturated carbocycles. The monoisotopic (exact) mass is 228 g/mol. The average Bonchev–Trinajstić information content (AvgIpc) is 2.39.